The van der Waals surface area contributed by atoms with Crippen molar-refractivity contribution >= 4 is 11.8 Å². The largest absolute Gasteiger partial charge is 0.496 e. The van der Waals surface area contributed by atoms with Crippen LogP contribution in [0.4, 0.5) is 0 Å². The second-order valence-corrected chi connectivity index (χ2v) is 5.74. The molecule has 0 aliphatic heterocycles. The molecule has 0 fully saturated rings. The first-order valence-corrected chi connectivity index (χ1v) is 7.69. The van der Waals surface area contributed by atoms with Crippen LogP contribution in [0.1, 0.15) is 36.1 Å². The minimum atomic E-state index is 0.422. The van der Waals surface area contributed by atoms with E-state index in [9.17, 15) is 0 Å². The topological polar surface area (TPSA) is 21.3 Å². The molecular formula is C15H25NOS. The zero-order chi connectivity index (χ0) is 13.5. The molecule has 0 aromatic heterocycles. The second kappa shape index (κ2) is 7.70. The summed E-state index contributed by atoms with van der Waals surface area (Å²) in [5.41, 5.74) is 3.90. The Labute approximate surface area is 116 Å². The van der Waals surface area contributed by atoms with Crippen LogP contribution in [0.5, 0.6) is 5.75 Å². The van der Waals surface area contributed by atoms with Crippen LogP contribution in [0.3, 0.4) is 0 Å². The van der Waals surface area contributed by atoms with Gasteiger partial charge in [-0.1, -0.05) is 13.0 Å². The third kappa shape index (κ3) is 3.92. The van der Waals surface area contributed by atoms with Crippen molar-refractivity contribution in [1.82, 2.24) is 5.32 Å². The highest BCUT2D eigenvalue weighted by Gasteiger charge is 2.14. The molecule has 1 aromatic rings. The molecule has 0 spiro atoms. The van der Waals surface area contributed by atoms with Crippen molar-refractivity contribution in [3.63, 3.8) is 0 Å². The summed E-state index contributed by atoms with van der Waals surface area (Å²) in [6.07, 6.45) is 1.24. The van der Waals surface area contributed by atoms with Gasteiger partial charge in [0, 0.05) is 11.8 Å². The van der Waals surface area contributed by atoms with Crippen LogP contribution in [-0.2, 0) is 0 Å². The molecule has 0 radical (unpaired) electrons. The molecule has 0 aliphatic rings. The maximum absolute atomic E-state index is 5.37. The molecule has 1 aromatic carbocycles. The summed E-state index contributed by atoms with van der Waals surface area (Å²) >= 11 is 2.01. The van der Waals surface area contributed by atoms with E-state index < -0.39 is 0 Å². The SMILES string of the molecule is CCCSCC(NC)c1cc(C)c(OC)cc1C. The van der Waals surface area contributed by atoms with Gasteiger partial charge in [-0.05, 0) is 55.8 Å². The average molecular weight is 267 g/mol. The van der Waals surface area contributed by atoms with Gasteiger partial charge in [-0.15, -0.1) is 0 Å². The van der Waals surface area contributed by atoms with Gasteiger partial charge in [-0.3, -0.25) is 0 Å². The first-order valence-electron chi connectivity index (χ1n) is 6.54. The van der Waals surface area contributed by atoms with Gasteiger partial charge in [0.25, 0.3) is 0 Å². The molecule has 1 rings (SSSR count). The van der Waals surface area contributed by atoms with Crippen LogP contribution in [0.25, 0.3) is 0 Å². The molecule has 1 N–H and O–H groups in total. The summed E-state index contributed by atoms with van der Waals surface area (Å²) in [7, 11) is 3.77. The van der Waals surface area contributed by atoms with Crippen molar-refractivity contribution in [3.05, 3.63) is 28.8 Å². The Kier molecular flexibility index (Phi) is 6.58. The second-order valence-electron chi connectivity index (χ2n) is 4.59. The van der Waals surface area contributed by atoms with E-state index >= 15 is 0 Å². The van der Waals surface area contributed by atoms with Gasteiger partial charge in [0.05, 0.1) is 7.11 Å². The monoisotopic (exact) mass is 267 g/mol. The van der Waals surface area contributed by atoms with Crippen molar-refractivity contribution in [1.29, 1.82) is 0 Å². The third-order valence-electron chi connectivity index (χ3n) is 3.14. The Morgan fingerprint density at radius 3 is 2.56 bits per heavy atom. The van der Waals surface area contributed by atoms with E-state index in [0.717, 1.165) is 11.5 Å². The highest BCUT2D eigenvalue weighted by atomic mass is 32.2. The quantitative estimate of drug-likeness (QED) is 0.761. The Balaban J connectivity index is 2.88. The smallest absolute Gasteiger partial charge is 0.122 e. The normalized spacial score (nSPS) is 12.5. The van der Waals surface area contributed by atoms with Gasteiger partial charge in [-0.25, -0.2) is 0 Å². The summed E-state index contributed by atoms with van der Waals surface area (Å²) in [5, 5.41) is 3.42. The standard InChI is InChI=1S/C15H25NOS/c1-6-7-18-10-14(16-4)13-8-12(3)15(17-5)9-11(13)2/h8-9,14,16H,6-7,10H2,1-5H3. The third-order valence-corrected chi connectivity index (χ3v) is 4.41. The zero-order valence-electron chi connectivity index (χ0n) is 12.2. The Morgan fingerprint density at radius 2 is 2.00 bits per heavy atom. The molecule has 1 atom stereocenters. The average Bonchev–Trinajstić information content (AvgIpc) is 2.37. The number of rotatable bonds is 7. The predicted octanol–water partition coefficient (Wildman–Crippen LogP) is 3.72. The summed E-state index contributed by atoms with van der Waals surface area (Å²) in [6.45, 7) is 6.49. The van der Waals surface area contributed by atoms with Gasteiger partial charge in [-0.2, -0.15) is 11.8 Å². The fourth-order valence-electron chi connectivity index (χ4n) is 2.08. The number of ether oxygens (including phenoxy) is 1. The van der Waals surface area contributed by atoms with Crippen LogP contribution in [0, 0.1) is 13.8 Å². The fourth-order valence-corrected chi connectivity index (χ4v) is 3.12. The van der Waals surface area contributed by atoms with E-state index in [4.69, 9.17) is 4.74 Å². The lowest BCUT2D eigenvalue weighted by atomic mass is 9.99. The van der Waals surface area contributed by atoms with Crippen molar-refractivity contribution in [2.75, 3.05) is 25.7 Å². The van der Waals surface area contributed by atoms with Gasteiger partial charge >= 0.3 is 0 Å². The number of benzene rings is 1. The highest BCUT2D eigenvalue weighted by Crippen LogP contribution is 2.28. The van der Waals surface area contributed by atoms with E-state index in [1.807, 2.05) is 18.8 Å². The molecule has 0 amide bonds. The maximum Gasteiger partial charge on any atom is 0.122 e. The fraction of sp³-hybridized carbons (Fsp3) is 0.600. The lowest BCUT2D eigenvalue weighted by Crippen LogP contribution is -2.20. The number of methoxy groups -OCH3 is 1. The Morgan fingerprint density at radius 1 is 1.28 bits per heavy atom. The minimum Gasteiger partial charge on any atom is -0.496 e. The van der Waals surface area contributed by atoms with Crippen LogP contribution < -0.4 is 10.1 Å². The summed E-state index contributed by atoms with van der Waals surface area (Å²) in [4.78, 5) is 0. The summed E-state index contributed by atoms with van der Waals surface area (Å²) < 4.78 is 5.37. The molecule has 0 saturated carbocycles. The van der Waals surface area contributed by atoms with Gasteiger partial charge in [0.1, 0.15) is 5.75 Å². The number of aryl methyl sites for hydroxylation is 2. The maximum atomic E-state index is 5.37. The molecule has 3 heteroatoms. The Bertz CT molecular complexity index is 379. The predicted molar refractivity (Wildman–Crippen MR) is 81.9 cm³/mol. The highest BCUT2D eigenvalue weighted by molar-refractivity contribution is 7.99. The molecule has 0 saturated heterocycles. The van der Waals surface area contributed by atoms with Crippen LogP contribution >= 0.6 is 11.8 Å². The van der Waals surface area contributed by atoms with Gasteiger partial charge in [0.15, 0.2) is 0 Å². The van der Waals surface area contributed by atoms with E-state index in [0.29, 0.717) is 6.04 Å². The van der Waals surface area contributed by atoms with E-state index in [2.05, 4.69) is 38.2 Å². The number of thioether (sulfide) groups is 1. The minimum absolute atomic E-state index is 0.422. The van der Waals surface area contributed by atoms with Crippen LogP contribution in [0.2, 0.25) is 0 Å². The van der Waals surface area contributed by atoms with Crippen LogP contribution in [-0.4, -0.2) is 25.7 Å². The summed E-state index contributed by atoms with van der Waals surface area (Å²) in [6, 6.07) is 4.81. The lowest BCUT2D eigenvalue weighted by molar-refractivity contribution is 0.411. The molecule has 0 aliphatic carbocycles. The van der Waals surface area contributed by atoms with Crippen molar-refractivity contribution in [3.8, 4) is 5.75 Å². The summed E-state index contributed by atoms with van der Waals surface area (Å²) in [5.74, 6) is 3.33. The zero-order valence-corrected chi connectivity index (χ0v) is 13.0. The van der Waals surface area contributed by atoms with Crippen molar-refractivity contribution < 1.29 is 4.74 Å². The number of nitrogens with one attached hydrogen (secondary N) is 1. The number of hydrogen-bond donors (Lipinski definition) is 1. The number of hydrogen-bond acceptors (Lipinski definition) is 3. The van der Waals surface area contributed by atoms with Crippen LogP contribution in [0.15, 0.2) is 12.1 Å². The lowest BCUT2D eigenvalue weighted by Gasteiger charge is -2.20. The van der Waals surface area contributed by atoms with Crippen molar-refractivity contribution in [2.24, 2.45) is 0 Å². The van der Waals surface area contributed by atoms with E-state index in [1.165, 1.54) is 28.9 Å². The first kappa shape index (κ1) is 15.4. The van der Waals surface area contributed by atoms with Gasteiger partial charge in [0.2, 0.25) is 0 Å². The van der Waals surface area contributed by atoms with E-state index in [1.54, 1.807) is 7.11 Å². The molecule has 0 heterocycles. The van der Waals surface area contributed by atoms with Crippen molar-refractivity contribution in [2.45, 2.75) is 33.2 Å². The van der Waals surface area contributed by atoms with E-state index in [-0.39, 0.29) is 0 Å². The van der Waals surface area contributed by atoms with Gasteiger partial charge < -0.3 is 10.1 Å². The first-order chi connectivity index (χ1) is 8.63. The molecular weight excluding hydrogens is 242 g/mol. The molecule has 1 unspecified atom stereocenters. The molecule has 102 valence electrons. The molecule has 18 heavy (non-hydrogen) atoms. The Hall–Kier alpha value is -0.670. The molecule has 0 bridgehead atoms. The molecule has 2 nitrogen and oxygen atoms in total.